The van der Waals surface area contributed by atoms with Gasteiger partial charge in [-0.25, -0.2) is 0 Å². The van der Waals surface area contributed by atoms with E-state index in [1.807, 2.05) is 12.3 Å². The van der Waals surface area contributed by atoms with Crippen LogP contribution in [0.4, 0.5) is 0 Å². The molecule has 1 aromatic heterocycles. The van der Waals surface area contributed by atoms with Gasteiger partial charge in [0.25, 0.3) is 0 Å². The molecule has 0 radical (unpaired) electrons. The SMILES string of the molecule is CNC(C)C1CCCCN1CCc1ccccn1. The summed E-state index contributed by atoms with van der Waals surface area (Å²) in [6.45, 7) is 4.67. The lowest BCUT2D eigenvalue weighted by atomic mass is 9.96. The van der Waals surface area contributed by atoms with Crippen molar-refractivity contribution in [3.8, 4) is 0 Å². The highest BCUT2D eigenvalue weighted by Gasteiger charge is 2.25. The monoisotopic (exact) mass is 247 g/mol. The number of hydrogen-bond donors (Lipinski definition) is 1. The van der Waals surface area contributed by atoms with Crippen molar-refractivity contribution in [2.24, 2.45) is 0 Å². The number of likely N-dealkylation sites (tertiary alicyclic amines) is 1. The van der Waals surface area contributed by atoms with E-state index in [4.69, 9.17) is 0 Å². The maximum atomic E-state index is 4.41. The van der Waals surface area contributed by atoms with Gasteiger partial charge in [-0.3, -0.25) is 9.88 Å². The van der Waals surface area contributed by atoms with Crippen LogP contribution in [-0.4, -0.2) is 42.1 Å². The third kappa shape index (κ3) is 3.53. The van der Waals surface area contributed by atoms with Crippen molar-refractivity contribution < 1.29 is 0 Å². The number of nitrogens with zero attached hydrogens (tertiary/aromatic N) is 2. The quantitative estimate of drug-likeness (QED) is 0.863. The predicted octanol–water partition coefficient (Wildman–Crippen LogP) is 2.09. The van der Waals surface area contributed by atoms with Crippen molar-refractivity contribution in [3.63, 3.8) is 0 Å². The Morgan fingerprint density at radius 3 is 3.06 bits per heavy atom. The van der Waals surface area contributed by atoms with Gasteiger partial charge in [-0.05, 0) is 45.5 Å². The summed E-state index contributed by atoms with van der Waals surface area (Å²) in [7, 11) is 2.07. The molecule has 1 saturated heterocycles. The van der Waals surface area contributed by atoms with Gasteiger partial charge in [-0.2, -0.15) is 0 Å². The Bertz CT molecular complexity index is 339. The maximum Gasteiger partial charge on any atom is 0.0416 e. The molecule has 1 aromatic rings. The molecule has 1 aliphatic rings. The van der Waals surface area contributed by atoms with Crippen molar-refractivity contribution in [2.75, 3.05) is 20.1 Å². The van der Waals surface area contributed by atoms with Gasteiger partial charge in [-0.1, -0.05) is 12.5 Å². The Balaban J connectivity index is 1.89. The molecule has 2 atom stereocenters. The van der Waals surface area contributed by atoms with Crippen molar-refractivity contribution in [1.29, 1.82) is 0 Å². The summed E-state index contributed by atoms with van der Waals surface area (Å²) in [5.41, 5.74) is 1.21. The van der Waals surface area contributed by atoms with Crippen LogP contribution >= 0.6 is 0 Å². The number of pyridine rings is 1. The smallest absolute Gasteiger partial charge is 0.0416 e. The van der Waals surface area contributed by atoms with Crippen LogP contribution in [0.25, 0.3) is 0 Å². The molecule has 0 amide bonds. The molecule has 18 heavy (non-hydrogen) atoms. The lowest BCUT2D eigenvalue weighted by molar-refractivity contribution is 0.123. The third-order valence-electron chi connectivity index (χ3n) is 4.08. The molecular weight excluding hydrogens is 222 g/mol. The lowest BCUT2D eigenvalue weighted by Crippen LogP contribution is -2.50. The Kier molecular flexibility index (Phi) is 5.14. The Morgan fingerprint density at radius 2 is 2.33 bits per heavy atom. The highest BCUT2D eigenvalue weighted by atomic mass is 15.2. The number of aromatic nitrogens is 1. The molecule has 0 saturated carbocycles. The molecule has 2 rings (SSSR count). The molecule has 0 aliphatic carbocycles. The topological polar surface area (TPSA) is 28.2 Å². The number of rotatable bonds is 5. The summed E-state index contributed by atoms with van der Waals surface area (Å²) >= 11 is 0. The van der Waals surface area contributed by atoms with E-state index in [1.165, 1.54) is 31.5 Å². The minimum Gasteiger partial charge on any atom is -0.316 e. The fourth-order valence-electron chi connectivity index (χ4n) is 2.86. The minimum absolute atomic E-state index is 0.578. The molecule has 1 N–H and O–H groups in total. The van der Waals surface area contributed by atoms with Crippen molar-refractivity contribution >= 4 is 0 Å². The number of likely N-dealkylation sites (N-methyl/N-ethyl adjacent to an activating group) is 1. The summed E-state index contributed by atoms with van der Waals surface area (Å²) < 4.78 is 0. The Labute approximate surface area is 111 Å². The average Bonchev–Trinajstić information content (AvgIpc) is 2.45. The van der Waals surface area contributed by atoms with Crippen LogP contribution in [0.2, 0.25) is 0 Å². The first kappa shape index (κ1) is 13.5. The summed E-state index contributed by atoms with van der Waals surface area (Å²) in [4.78, 5) is 7.05. The Morgan fingerprint density at radius 1 is 1.44 bits per heavy atom. The van der Waals surface area contributed by atoms with Crippen LogP contribution < -0.4 is 5.32 Å². The Hall–Kier alpha value is -0.930. The second kappa shape index (κ2) is 6.86. The molecule has 1 aliphatic heterocycles. The van der Waals surface area contributed by atoms with Crippen molar-refractivity contribution in [1.82, 2.24) is 15.2 Å². The van der Waals surface area contributed by atoms with Gasteiger partial charge in [0, 0.05) is 36.9 Å². The molecule has 3 nitrogen and oxygen atoms in total. The van der Waals surface area contributed by atoms with E-state index in [2.05, 4.69) is 41.3 Å². The summed E-state index contributed by atoms with van der Waals surface area (Å²) in [6, 6.07) is 7.45. The number of piperidine rings is 1. The van der Waals surface area contributed by atoms with Crippen LogP contribution in [0.15, 0.2) is 24.4 Å². The molecule has 0 spiro atoms. The normalized spacial score (nSPS) is 22.9. The van der Waals surface area contributed by atoms with E-state index >= 15 is 0 Å². The highest BCUT2D eigenvalue weighted by molar-refractivity contribution is 5.04. The first-order valence-electron chi connectivity index (χ1n) is 7.12. The van der Waals surface area contributed by atoms with Gasteiger partial charge in [0.2, 0.25) is 0 Å². The summed E-state index contributed by atoms with van der Waals surface area (Å²) in [5.74, 6) is 0. The maximum absolute atomic E-state index is 4.41. The van der Waals surface area contributed by atoms with E-state index < -0.39 is 0 Å². The van der Waals surface area contributed by atoms with E-state index in [9.17, 15) is 0 Å². The fraction of sp³-hybridized carbons (Fsp3) is 0.667. The lowest BCUT2D eigenvalue weighted by Gasteiger charge is -2.39. The van der Waals surface area contributed by atoms with Crippen LogP contribution in [0, 0.1) is 0 Å². The van der Waals surface area contributed by atoms with Gasteiger partial charge < -0.3 is 5.32 Å². The van der Waals surface area contributed by atoms with Crippen LogP contribution in [0.1, 0.15) is 31.9 Å². The molecule has 0 aromatic carbocycles. The van der Waals surface area contributed by atoms with Gasteiger partial charge >= 0.3 is 0 Å². The van der Waals surface area contributed by atoms with Crippen LogP contribution in [-0.2, 0) is 6.42 Å². The van der Waals surface area contributed by atoms with Crippen LogP contribution in [0.5, 0.6) is 0 Å². The number of hydrogen-bond acceptors (Lipinski definition) is 3. The zero-order valence-electron chi connectivity index (χ0n) is 11.6. The second-order valence-electron chi connectivity index (χ2n) is 5.25. The van der Waals surface area contributed by atoms with E-state index in [0.29, 0.717) is 12.1 Å². The average molecular weight is 247 g/mol. The zero-order chi connectivity index (χ0) is 12.8. The second-order valence-corrected chi connectivity index (χ2v) is 5.25. The molecular formula is C15H25N3. The first-order valence-corrected chi connectivity index (χ1v) is 7.12. The van der Waals surface area contributed by atoms with E-state index in [1.54, 1.807) is 0 Å². The molecule has 0 bridgehead atoms. The largest absolute Gasteiger partial charge is 0.316 e. The van der Waals surface area contributed by atoms with E-state index in [0.717, 1.165) is 13.0 Å². The zero-order valence-corrected chi connectivity index (χ0v) is 11.6. The van der Waals surface area contributed by atoms with Gasteiger partial charge in [0.05, 0.1) is 0 Å². The molecule has 1 fully saturated rings. The van der Waals surface area contributed by atoms with Gasteiger partial charge in [0.15, 0.2) is 0 Å². The number of nitrogens with one attached hydrogen (secondary N) is 1. The van der Waals surface area contributed by atoms with Gasteiger partial charge in [0.1, 0.15) is 0 Å². The third-order valence-corrected chi connectivity index (χ3v) is 4.08. The molecule has 2 heterocycles. The summed E-state index contributed by atoms with van der Waals surface area (Å²) in [5, 5.41) is 3.41. The fourth-order valence-corrected chi connectivity index (χ4v) is 2.86. The summed E-state index contributed by atoms with van der Waals surface area (Å²) in [6.07, 6.45) is 6.99. The van der Waals surface area contributed by atoms with Crippen LogP contribution in [0.3, 0.4) is 0 Å². The molecule has 100 valence electrons. The minimum atomic E-state index is 0.578. The standard InChI is InChI=1S/C15H25N3/c1-13(16-2)15-8-4-6-11-18(15)12-9-14-7-3-5-10-17-14/h3,5,7,10,13,15-16H,4,6,8-9,11-12H2,1-2H3. The molecule has 3 heteroatoms. The van der Waals surface area contributed by atoms with E-state index in [-0.39, 0.29) is 0 Å². The molecule has 2 unspecified atom stereocenters. The predicted molar refractivity (Wildman–Crippen MR) is 75.7 cm³/mol. The van der Waals surface area contributed by atoms with Crippen molar-refractivity contribution in [3.05, 3.63) is 30.1 Å². The first-order chi connectivity index (χ1) is 8.81. The van der Waals surface area contributed by atoms with Gasteiger partial charge in [-0.15, -0.1) is 0 Å². The van der Waals surface area contributed by atoms with Crippen molar-refractivity contribution in [2.45, 2.75) is 44.7 Å². The highest BCUT2D eigenvalue weighted by Crippen LogP contribution is 2.19.